The number of hydrogen-bond acceptors (Lipinski definition) is 4. The molecule has 1 spiro atoms. The number of carbonyl (C=O) groups excluding carboxylic acids is 1. The molecule has 2 heterocycles. The van der Waals surface area contributed by atoms with Crippen molar-refractivity contribution in [1.82, 2.24) is 4.90 Å². The summed E-state index contributed by atoms with van der Waals surface area (Å²) in [7, 11) is -2.83. The fraction of sp³-hybridized carbons (Fsp3) is 0.611. The van der Waals surface area contributed by atoms with E-state index in [4.69, 9.17) is 21.8 Å². The third-order valence-electron chi connectivity index (χ3n) is 5.49. The molecule has 22 heavy (non-hydrogen) atoms. The minimum Gasteiger partial charge on any atom is -0.493 e. The zero-order chi connectivity index (χ0) is 23.7. The van der Waals surface area contributed by atoms with Gasteiger partial charge in [-0.1, -0.05) is 6.07 Å². The van der Waals surface area contributed by atoms with E-state index in [1.807, 2.05) is 0 Å². The van der Waals surface area contributed by atoms with Crippen molar-refractivity contribution in [3.05, 3.63) is 23.3 Å². The topological polar surface area (TPSA) is 38.8 Å². The van der Waals surface area contributed by atoms with Crippen LogP contribution in [0.25, 0.3) is 0 Å². The van der Waals surface area contributed by atoms with Gasteiger partial charge in [0, 0.05) is 31.6 Å². The molecule has 2 bridgehead atoms. The molecule has 2 aliphatic heterocycles. The Hall–Kier alpha value is -1.55. The fourth-order valence-corrected chi connectivity index (χ4v) is 4.61. The predicted molar refractivity (Wildman–Crippen MR) is 81.6 cm³/mol. The summed E-state index contributed by atoms with van der Waals surface area (Å²) in [6.07, 6.45) is -5.56. The van der Waals surface area contributed by atoms with E-state index in [0.29, 0.717) is 11.1 Å². The molecule has 4 nitrogen and oxygen atoms in total. The maximum atomic E-state index is 13.2. The Morgan fingerprint density at radius 3 is 3.41 bits per heavy atom. The average Bonchev–Trinajstić information content (AvgIpc) is 2.88. The van der Waals surface area contributed by atoms with Crippen LogP contribution in [0.4, 0.5) is 0 Å². The Kier molecular flexibility index (Phi) is 1.20. The molecular formula is C18H21NO3. The van der Waals surface area contributed by atoms with E-state index in [1.54, 1.807) is 0 Å². The number of likely N-dealkylation sites (tertiary alicyclic amines) is 1. The molecule has 0 aromatic heterocycles. The van der Waals surface area contributed by atoms with E-state index in [0.717, 1.165) is 4.90 Å². The molecule has 116 valence electrons. The van der Waals surface area contributed by atoms with Crippen LogP contribution < -0.4 is 9.47 Å². The van der Waals surface area contributed by atoms with E-state index in [-0.39, 0.29) is 30.9 Å². The number of carbonyl (C=O) groups is 1. The smallest absolute Gasteiger partial charge is 0.174 e. The van der Waals surface area contributed by atoms with Gasteiger partial charge in [0.15, 0.2) is 23.4 Å². The lowest BCUT2D eigenvalue weighted by atomic mass is 9.52. The molecule has 4 heteroatoms. The van der Waals surface area contributed by atoms with Crippen LogP contribution in [-0.2, 0) is 16.6 Å². The monoisotopic (exact) mass is 309 g/mol. The Balaban J connectivity index is 1.81. The number of likely N-dealkylation sites (N-methyl/N-ethyl adjacent to an activating group) is 1. The lowest BCUT2D eigenvalue weighted by Crippen LogP contribution is -2.65. The zero-order valence-electron chi connectivity index (χ0n) is 21.7. The number of ketones is 1. The van der Waals surface area contributed by atoms with Gasteiger partial charge in [0.05, 0.1) is 12.5 Å². The van der Waals surface area contributed by atoms with E-state index < -0.39 is 56.0 Å². The van der Waals surface area contributed by atoms with E-state index in [1.165, 1.54) is 12.1 Å². The molecule has 2 fully saturated rings. The third-order valence-corrected chi connectivity index (χ3v) is 5.49. The van der Waals surface area contributed by atoms with Gasteiger partial charge in [0.1, 0.15) is 0 Å². The largest absolute Gasteiger partial charge is 0.493 e. The highest BCUT2D eigenvalue weighted by molar-refractivity contribution is 5.89. The molecule has 0 amide bonds. The Bertz CT molecular complexity index is 1040. The van der Waals surface area contributed by atoms with Crippen LogP contribution in [0.3, 0.4) is 0 Å². The second-order valence-electron chi connectivity index (χ2n) is 6.26. The van der Waals surface area contributed by atoms with Gasteiger partial charge >= 0.3 is 0 Å². The van der Waals surface area contributed by atoms with Crippen LogP contribution in [0.1, 0.15) is 44.0 Å². The first-order chi connectivity index (χ1) is 14.5. The summed E-state index contributed by atoms with van der Waals surface area (Å²) in [6, 6.07) is 1.03. The molecular weight excluding hydrogens is 278 g/mol. The van der Waals surface area contributed by atoms with Crippen LogP contribution in [-0.4, -0.2) is 43.3 Å². The highest BCUT2D eigenvalue weighted by Crippen LogP contribution is 2.62. The first-order valence-corrected chi connectivity index (χ1v) is 7.34. The molecule has 1 saturated heterocycles. The van der Waals surface area contributed by atoms with Crippen molar-refractivity contribution in [3.8, 4) is 11.5 Å². The second kappa shape index (κ2) is 4.05. The number of piperidine rings is 1. The summed E-state index contributed by atoms with van der Waals surface area (Å²) in [5.74, 6) is -2.46. The summed E-state index contributed by atoms with van der Waals surface area (Å²) < 4.78 is 92.1. The molecule has 0 radical (unpaired) electrons. The Labute approximate surface area is 144 Å². The molecule has 5 rings (SSSR count). The molecule has 2 aliphatic carbocycles. The quantitative estimate of drug-likeness (QED) is 0.795. The van der Waals surface area contributed by atoms with Gasteiger partial charge in [-0.25, -0.2) is 0 Å². The van der Waals surface area contributed by atoms with E-state index in [2.05, 4.69) is 0 Å². The number of nitrogens with zero attached hydrogens (tertiary/aromatic N) is 1. The fourth-order valence-electron chi connectivity index (χ4n) is 4.61. The van der Waals surface area contributed by atoms with E-state index >= 15 is 0 Å². The number of rotatable bonds is 1. The summed E-state index contributed by atoms with van der Waals surface area (Å²) >= 11 is 0. The number of ether oxygens (including phenoxy) is 2. The first-order valence-electron chi connectivity index (χ1n) is 12.3. The van der Waals surface area contributed by atoms with Gasteiger partial charge in [-0.05, 0) is 50.3 Å². The highest BCUT2D eigenvalue weighted by atomic mass is 16.5. The standard InChI is InChI=1S/C18H21NO3/c1-19-8-7-18-11-4-5-13(20)17(18)22-16-14(21-2)6-3-10(15(16)18)9-12(11)19/h3,6,11-12,17H,4-5,7-9H2,1-2H3/t11-,12+,17?,18-/m0/s1/i1D3,2D3,5D2,12D,17D. The van der Waals surface area contributed by atoms with Gasteiger partial charge < -0.3 is 14.4 Å². The number of hydrogen-bond donors (Lipinski definition) is 0. The van der Waals surface area contributed by atoms with Crippen LogP contribution >= 0.6 is 0 Å². The van der Waals surface area contributed by atoms with Crippen molar-refractivity contribution >= 4 is 5.78 Å². The SMILES string of the molecule is [2H]C([2H])([2H])Oc1ccc2c3c1OC1([2H])C(=O)C([2H])([2H])C[C@H]4[C@@]([2H])(C2)N(C([2H])([2H])[2H])CC[C@@]341. The van der Waals surface area contributed by atoms with Crippen molar-refractivity contribution in [1.29, 1.82) is 0 Å². The van der Waals surface area contributed by atoms with Crippen LogP contribution in [0, 0.1) is 5.92 Å². The van der Waals surface area contributed by atoms with Crippen LogP contribution in [0.15, 0.2) is 12.1 Å². The summed E-state index contributed by atoms with van der Waals surface area (Å²) in [5.41, 5.74) is -0.644. The van der Waals surface area contributed by atoms with Crippen LogP contribution in [0.5, 0.6) is 11.5 Å². The van der Waals surface area contributed by atoms with Gasteiger partial charge in [-0.3, -0.25) is 4.79 Å². The normalized spacial score (nSPS) is 55.3. The first kappa shape index (κ1) is 6.52. The zero-order valence-corrected chi connectivity index (χ0v) is 11.7. The Morgan fingerprint density at radius 1 is 1.59 bits per heavy atom. The predicted octanol–water partition coefficient (Wildman–Crippen LogP) is 1.93. The van der Waals surface area contributed by atoms with Crippen molar-refractivity contribution in [2.75, 3.05) is 20.6 Å². The molecule has 1 unspecified atom stereocenters. The third kappa shape index (κ3) is 1.27. The lowest BCUT2D eigenvalue weighted by Gasteiger charge is -2.57. The molecule has 4 atom stereocenters. The molecule has 1 saturated carbocycles. The van der Waals surface area contributed by atoms with Crippen molar-refractivity contribution in [2.45, 2.75) is 43.1 Å². The molecule has 1 aromatic rings. The Morgan fingerprint density at radius 2 is 2.55 bits per heavy atom. The summed E-state index contributed by atoms with van der Waals surface area (Å²) in [6.45, 7) is -2.76. The van der Waals surface area contributed by atoms with E-state index in [9.17, 15) is 6.17 Å². The van der Waals surface area contributed by atoms with Gasteiger partial charge in [-0.15, -0.1) is 0 Å². The highest BCUT2D eigenvalue weighted by Gasteiger charge is 2.65. The molecule has 4 aliphatic rings. The summed E-state index contributed by atoms with van der Waals surface area (Å²) in [5, 5.41) is 0. The number of Topliss-reactive ketones (excluding diaryl/α,β-unsaturated/α-hetero) is 1. The molecule has 1 aromatic carbocycles. The van der Waals surface area contributed by atoms with Crippen molar-refractivity contribution in [2.24, 2.45) is 5.92 Å². The van der Waals surface area contributed by atoms with Gasteiger partial charge in [0.2, 0.25) is 0 Å². The minimum absolute atomic E-state index is 0.0285. The molecule has 0 N–H and O–H groups in total. The van der Waals surface area contributed by atoms with Crippen molar-refractivity contribution in [3.63, 3.8) is 0 Å². The lowest BCUT2D eigenvalue weighted by molar-refractivity contribution is -0.138. The van der Waals surface area contributed by atoms with Gasteiger partial charge in [0.25, 0.3) is 0 Å². The van der Waals surface area contributed by atoms with Gasteiger partial charge in [-0.2, -0.15) is 0 Å². The average molecular weight is 309 g/mol. The van der Waals surface area contributed by atoms with Crippen molar-refractivity contribution < 1.29 is 28.0 Å². The maximum Gasteiger partial charge on any atom is 0.174 e. The summed E-state index contributed by atoms with van der Waals surface area (Å²) in [4.78, 5) is 14.3. The number of benzene rings is 1. The van der Waals surface area contributed by atoms with Crippen LogP contribution in [0.2, 0.25) is 0 Å². The maximum absolute atomic E-state index is 13.2. The number of methoxy groups -OCH3 is 1. The second-order valence-corrected chi connectivity index (χ2v) is 6.26. The minimum atomic E-state index is -2.83.